The Hall–Kier alpha value is -1.32. The molecule has 94 valence electrons. The number of anilines is 1. The minimum absolute atomic E-state index is 0.00895. The lowest BCUT2D eigenvalue weighted by molar-refractivity contribution is 0.810. The predicted octanol–water partition coefficient (Wildman–Crippen LogP) is 4.26. The van der Waals surface area contributed by atoms with Gasteiger partial charge >= 0.3 is 0 Å². The first-order valence-electron chi connectivity index (χ1n) is 5.57. The summed E-state index contributed by atoms with van der Waals surface area (Å²) >= 11 is 12.1. The van der Waals surface area contributed by atoms with Gasteiger partial charge in [0.25, 0.3) is 0 Å². The average molecular weight is 282 g/mol. The molecule has 1 atom stereocenters. The van der Waals surface area contributed by atoms with Gasteiger partial charge in [0, 0.05) is 17.4 Å². The first kappa shape index (κ1) is 13.1. The third-order valence-corrected chi connectivity index (χ3v) is 3.19. The minimum atomic E-state index is 0.00895. The fourth-order valence-corrected chi connectivity index (χ4v) is 2.10. The Morgan fingerprint density at radius 1 is 1.17 bits per heavy atom. The van der Waals surface area contributed by atoms with Crippen LogP contribution in [0.25, 0.3) is 0 Å². The van der Waals surface area contributed by atoms with E-state index in [1.54, 1.807) is 30.6 Å². The Kier molecular flexibility index (Phi) is 4.04. The lowest BCUT2D eigenvalue weighted by Crippen LogP contribution is -2.11. The van der Waals surface area contributed by atoms with Crippen LogP contribution in [0.4, 0.5) is 5.69 Å². The molecule has 0 radical (unpaired) electrons. The van der Waals surface area contributed by atoms with E-state index in [1.165, 1.54) is 0 Å². The van der Waals surface area contributed by atoms with Crippen LogP contribution >= 0.6 is 23.2 Å². The zero-order chi connectivity index (χ0) is 13.1. The number of rotatable bonds is 3. The van der Waals surface area contributed by atoms with Crippen molar-refractivity contribution in [3.63, 3.8) is 0 Å². The summed E-state index contributed by atoms with van der Waals surface area (Å²) in [5, 5.41) is 4.56. The van der Waals surface area contributed by atoms with Crippen LogP contribution in [0.5, 0.6) is 0 Å². The van der Waals surface area contributed by atoms with Crippen molar-refractivity contribution in [2.75, 3.05) is 5.32 Å². The number of benzene rings is 1. The molecular formula is C13H13Cl2N3. The molecule has 1 heterocycles. The van der Waals surface area contributed by atoms with Gasteiger partial charge in [-0.15, -0.1) is 0 Å². The molecule has 0 saturated carbocycles. The minimum Gasteiger partial charge on any atom is -0.376 e. The summed E-state index contributed by atoms with van der Waals surface area (Å²) in [6.07, 6.45) is 3.36. The molecule has 18 heavy (non-hydrogen) atoms. The van der Waals surface area contributed by atoms with Gasteiger partial charge in [0.2, 0.25) is 0 Å². The number of hydrogen-bond donors (Lipinski definition) is 1. The van der Waals surface area contributed by atoms with Crippen molar-refractivity contribution in [2.45, 2.75) is 19.9 Å². The molecule has 0 fully saturated rings. The molecule has 1 N–H and O–H groups in total. The molecule has 0 aliphatic heterocycles. The van der Waals surface area contributed by atoms with E-state index < -0.39 is 0 Å². The zero-order valence-electron chi connectivity index (χ0n) is 10.1. The SMILES string of the molecule is Cc1nccnc1C(C)Nc1cc(Cl)ccc1Cl. The average Bonchev–Trinajstić information content (AvgIpc) is 2.34. The molecule has 2 aromatic rings. The van der Waals surface area contributed by atoms with Crippen molar-refractivity contribution in [1.82, 2.24) is 9.97 Å². The molecule has 0 saturated heterocycles. The molecule has 2 rings (SSSR count). The van der Waals surface area contributed by atoms with Crippen LogP contribution in [0.2, 0.25) is 10.0 Å². The summed E-state index contributed by atoms with van der Waals surface area (Å²) in [6.45, 7) is 3.94. The first-order valence-corrected chi connectivity index (χ1v) is 6.32. The van der Waals surface area contributed by atoms with Crippen LogP contribution in [-0.2, 0) is 0 Å². The van der Waals surface area contributed by atoms with Gasteiger partial charge in [0.15, 0.2) is 0 Å². The van der Waals surface area contributed by atoms with Crippen molar-refractivity contribution >= 4 is 28.9 Å². The van der Waals surface area contributed by atoms with E-state index in [1.807, 2.05) is 13.8 Å². The molecule has 3 nitrogen and oxygen atoms in total. The van der Waals surface area contributed by atoms with Gasteiger partial charge in [-0.2, -0.15) is 0 Å². The van der Waals surface area contributed by atoms with Gasteiger partial charge in [0.1, 0.15) is 0 Å². The molecule has 0 aliphatic carbocycles. The van der Waals surface area contributed by atoms with Crippen LogP contribution in [0.15, 0.2) is 30.6 Å². The lowest BCUT2D eigenvalue weighted by atomic mass is 10.1. The molecule has 0 amide bonds. The van der Waals surface area contributed by atoms with Crippen LogP contribution in [0, 0.1) is 6.92 Å². The summed E-state index contributed by atoms with van der Waals surface area (Å²) in [6, 6.07) is 5.33. The Bertz CT molecular complexity index is 558. The topological polar surface area (TPSA) is 37.8 Å². The maximum absolute atomic E-state index is 6.11. The smallest absolute Gasteiger partial charge is 0.0835 e. The van der Waals surface area contributed by atoms with Gasteiger partial charge in [-0.05, 0) is 32.0 Å². The van der Waals surface area contributed by atoms with E-state index in [-0.39, 0.29) is 6.04 Å². The lowest BCUT2D eigenvalue weighted by Gasteiger charge is -2.17. The summed E-state index contributed by atoms with van der Waals surface area (Å²) < 4.78 is 0. The van der Waals surface area contributed by atoms with Gasteiger partial charge < -0.3 is 5.32 Å². The summed E-state index contributed by atoms with van der Waals surface area (Å²) in [7, 11) is 0. The van der Waals surface area contributed by atoms with E-state index in [0.717, 1.165) is 17.1 Å². The molecule has 1 aromatic carbocycles. The summed E-state index contributed by atoms with van der Waals surface area (Å²) in [5.41, 5.74) is 2.59. The highest BCUT2D eigenvalue weighted by molar-refractivity contribution is 6.35. The Labute approximate surface area is 116 Å². The number of nitrogens with one attached hydrogen (secondary N) is 1. The monoisotopic (exact) mass is 281 g/mol. The standard InChI is InChI=1S/C13H13Cl2N3/c1-8-13(17-6-5-16-8)9(2)18-12-7-10(14)3-4-11(12)15/h3-7,9,18H,1-2H3. The van der Waals surface area contributed by atoms with Gasteiger partial charge in [-0.3, -0.25) is 9.97 Å². The molecule has 1 aromatic heterocycles. The number of hydrogen-bond acceptors (Lipinski definition) is 3. The first-order chi connectivity index (χ1) is 8.58. The second-order valence-electron chi connectivity index (χ2n) is 4.02. The maximum atomic E-state index is 6.11. The highest BCUT2D eigenvalue weighted by atomic mass is 35.5. The van der Waals surface area contributed by atoms with Crippen LogP contribution in [0.1, 0.15) is 24.4 Å². The van der Waals surface area contributed by atoms with Gasteiger partial charge in [-0.1, -0.05) is 23.2 Å². The molecule has 0 aliphatic rings. The fourth-order valence-electron chi connectivity index (χ4n) is 1.75. The maximum Gasteiger partial charge on any atom is 0.0835 e. The molecule has 0 spiro atoms. The quantitative estimate of drug-likeness (QED) is 0.913. The van der Waals surface area contributed by atoms with E-state index >= 15 is 0 Å². The number of nitrogens with zero attached hydrogens (tertiary/aromatic N) is 2. The zero-order valence-corrected chi connectivity index (χ0v) is 11.6. The molecule has 0 bridgehead atoms. The Morgan fingerprint density at radius 2 is 1.89 bits per heavy atom. The third-order valence-electron chi connectivity index (χ3n) is 2.63. The van der Waals surface area contributed by atoms with E-state index in [4.69, 9.17) is 23.2 Å². The second-order valence-corrected chi connectivity index (χ2v) is 4.86. The molecular weight excluding hydrogens is 269 g/mol. The van der Waals surface area contributed by atoms with E-state index in [2.05, 4.69) is 15.3 Å². The van der Waals surface area contributed by atoms with Crippen molar-refractivity contribution in [1.29, 1.82) is 0 Å². The highest BCUT2D eigenvalue weighted by Crippen LogP contribution is 2.28. The van der Waals surface area contributed by atoms with E-state index in [0.29, 0.717) is 10.0 Å². The van der Waals surface area contributed by atoms with Gasteiger partial charge in [-0.25, -0.2) is 0 Å². The van der Waals surface area contributed by atoms with E-state index in [9.17, 15) is 0 Å². The number of aryl methyl sites for hydroxylation is 1. The Balaban J connectivity index is 2.24. The predicted molar refractivity (Wildman–Crippen MR) is 75.3 cm³/mol. The summed E-state index contributed by atoms with van der Waals surface area (Å²) in [4.78, 5) is 8.55. The van der Waals surface area contributed by atoms with Crippen molar-refractivity contribution in [2.24, 2.45) is 0 Å². The van der Waals surface area contributed by atoms with Crippen molar-refractivity contribution in [3.05, 3.63) is 52.0 Å². The summed E-state index contributed by atoms with van der Waals surface area (Å²) in [5.74, 6) is 0. The van der Waals surface area contributed by atoms with Crippen LogP contribution in [-0.4, -0.2) is 9.97 Å². The highest BCUT2D eigenvalue weighted by Gasteiger charge is 2.12. The second kappa shape index (κ2) is 5.55. The van der Waals surface area contributed by atoms with Crippen molar-refractivity contribution in [3.8, 4) is 0 Å². The number of aromatic nitrogens is 2. The molecule has 5 heteroatoms. The van der Waals surface area contributed by atoms with Gasteiger partial charge in [0.05, 0.1) is 28.1 Å². The largest absolute Gasteiger partial charge is 0.376 e. The van der Waals surface area contributed by atoms with Crippen LogP contribution in [0.3, 0.4) is 0 Å². The fraction of sp³-hybridized carbons (Fsp3) is 0.231. The molecule has 1 unspecified atom stereocenters. The normalized spacial score (nSPS) is 12.2. The third kappa shape index (κ3) is 2.92. The Morgan fingerprint density at radius 3 is 2.61 bits per heavy atom. The van der Waals surface area contributed by atoms with Crippen LogP contribution < -0.4 is 5.32 Å². The van der Waals surface area contributed by atoms with Crippen molar-refractivity contribution < 1.29 is 0 Å². The number of halogens is 2.